The van der Waals surface area contributed by atoms with Gasteiger partial charge in [0, 0.05) is 67.5 Å². The van der Waals surface area contributed by atoms with Gasteiger partial charge in [0.15, 0.2) is 37.7 Å². The molecule has 4 N–H and O–H groups in total. The Morgan fingerprint density at radius 3 is 1.57 bits per heavy atom. The van der Waals surface area contributed by atoms with Crippen molar-refractivity contribution < 1.29 is 106 Å². The van der Waals surface area contributed by atoms with E-state index in [9.17, 15) is 30.0 Å². The first-order valence-electron chi connectivity index (χ1n) is 31.6. The smallest absolute Gasteiger partial charge is 0.309 e. The lowest BCUT2D eigenvalue weighted by Crippen LogP contribution is -2.72. The predicted molar refractivity (Wildman–Crippen MR) is 298 cm³/mol. The maximum atomic E-state index is 13.1. The van der Waals surface area contributed by atoms with Crippen molar-refractivity contribution in [3.8, 4) is 0 Å². The average Bonchev–Trinajstić information content (AvgIpc) is 1.40. The Labute approximate surface area is 497 Å². The van der Waals surface area contributed by atoms with Gasteiger partial charge in [0.1, 0.15) is 48.3 Å². The predicted octanol–water partition coefficient (Wildman–Crippen LogP) is 5.98. The zero-order chi connectivity index (χ0) is 61.0. The van der Waals surface area contributed by atoms with E-state index in [2.05, 4.69) is 6.92 Å². The molecule has 9 aliphatic rings. The fourth-order valence-electron chi connectivity index (χ4n) is 16.9. The molecule has 484 valence electrons. The molecule has 0 aromatic carbocycles. The molecule has 0 aromatic heterocycles. The monoisotopic (exact) mass is 1200 g/mol. The molecule has 9 rings (SSSR count). The van der Waals surface area contributed by atoms with Crippen LogP contribution >= 0.6 is 0 Å². The number of ether oxygens (including phenoxy) is 16. The van der Waals surface area contributed by atoms with E-state index >= 15 is 0 Å². The summed E-state index contributed by atoms with van der Waals surface area (Å²) in [5.74, 6) is -1.23. The van der Waals surface area contributed by atoms with Crippen LogP contribution in [0.1, 0.15) is 166 Å². The second-order valence-corrected chi connectivity index (χ2v) is 27.0. The number of hydrogen-bond acceptors (Lipinski definition) is 22. The van der Waals surface area contributed by atoms with E-state index in [4.69, 9.17) is 75.8 Å². The van der Waals surface area contributed by atoms with E-state index in [0.717, 1.165) is 32.1 Å². The minimum absolute atomic E-state index is 0.000515. The van der Waals surface area contributed by atoms with Crippen LogP contribution < -0.4 is 0 Å². The molecular weight excluding hydrogens is 1100 g/mol. The van der Waals surface area contributed by atoms with E-state index in [1.165, 1.54) is 14.0 Å². The lowest BCUT2D eigenvalue weighted by molar-refractivity contribution is -0.357. The van der Waals surface area contributed by atoms with Crippen LogP contribution in [-0.2, 0) is 85.4 Å². The summed E-state index contributed by atoms with van der Waals surface area (Å²) in [6.07, 6.45) is -5.71. The Morgan fingerprint density at radius 1 is 0.583 bits per heavy atom. The molecule has 0 aromatic rings. The van der Waals surface area contributed by atoms with Crippen LogP contribution in [0.15, 0.2) is 0 Å². The summed E-state index contributed by atoms with van der Waals surface area (Å²) in [6, 6.07) is 0. The number of carbonyl (C=O) groups is 2. The van der Waals surface area contributed by atoms with Gasteiger partial charge >= 0.3 is 11.9 Å². The van der Waals surface area contributed by atoms with Gasteiger partial charge in [0.05, 0.1) is 71.9 Å². The van der Waals surface area contributed by atoms with Gasteiger partial charge in [-0.3, -0.25) is 9.59 Å². The van der Waals surface area contributed by atoms with Gasteiger partial charge < -0.3 is 96.2 Å². The van der Waals surface area contributed by atoms with Crippen molar-refractivity contribution in [2.24, 2.45) is 40.4 Å². The zero-order valence-electron chi connectivity index (χ0n) is 52.6. The minimum atomic E-state index is -1.63. The molecule has 22 nitrogen and oxygen atoms in total. The SMILES string of the molecule is CCC(C)C(=O)OC(C)C1(O)CCC2(O)C3CCC4CC(OC5CC(O)C(OC6CC(OC)C(OC7CC(OC)C(OC8CC(OC)C(OC9CC(C)C(O)C(OC)O9)C(C)O8)C(C)O7)C(C)O6)C(C)O5)CCC4(C)C3CC(OC(C)=O)C12C. The van der Waals surface area contributed by atoms with Gasteiger partial charge in [-0.15, -0.1) is 0 Å². The number of aliphatic hydroxyl groups excluding tert-OH is 2. The molecule has 84 heavy (non-hydrogen) atoms. The maximum Gasteiger partial charge on any atom is 0.309 e. The Kier molecular flexibility index (Phi) is 21.4. The van der Waals surface area contributed by atoms with Crippen LogP contribution in [-0.4, -0.2) is 207 Å². The maximum absolute atomic E-state index is 13.1. The van der Waals surface area contributed by atoms with Crippen molar-refractivity contribution in [3.05, 3.63) is 0 Å². The van der Waals surface area contributed by atoms with Gasteiger partial charge in [-0.05, 0) is 121 Å². The molecule has 5 heterocycles. The van der Waals surface area contributed by atoms with Crippen molar-refractivity contribution in [1.82, 2.24) is 0 Å². The molecule has 5 saturated heterocycles. The van der Waals surface area contributed by atoms with Crippen LogP contribution in [0.5, 0.6) is 0 Å². The summed E-state index contributed by atoms with van der Waals surface area (Å²) in [4.78, 5) is 25.9. The Morgan fingerprint density at radius 2 is 1.08 bits per heavy atom. The molecule has 22 heteroatoms. The Balaban J connectivity index is 0.748. The molecule has 4 aliphatic carbocycles. The zero-order valence-corrected chi connectivity index (χ0v) is 52.6. The number of hydrogen-bond donors (Lipinski definition) is 4. The van der Waals surface area contributed by atoms with Gasteiger partial charge in [-0.25, -0.2) is 0 Å². The van der Waals surface area contributed by atoms with E-state index in [0.29, 0.717) is 44.9 Å². The highest BCUT2D eigenvalue weighted by molar-refractivity contribution is 5.72. The summed E-state index contributed by atoms with van der Waals surface area (Å²) in [5.41, 5.74) is -4.50. The van der Waals surface area contributed by atoms with Crippen molar-refractivity contribution in [2.75, 3.05) is 28.4 Å². The lowest BCUT2D eigenvalue weighted by Gasteiger charge is -2.66. The van der Waals surface area contributed by atoms with Gasteiger partial charge in [-0.2, -0.15) is 0 Å². The summed E-state index contributed by atoms with van der Waals surface area (Å²) in [6.45, 7) is 20.5. The average molecular weight is 1200 g/mol. The van der Waals surface area contributed by atoms with Crippen molar-refractivity contribution in [1.29, 1.82) is 0 Å². The highest BCUT2D eigenvalue weighted by Gasteiger charge is 2.77. The van der Waals surface area contributed by atoms with Gasteiger partial charge in [-0.1, -0.05) is 34.6 Å². The quantitative estimate of drug-likeness (QED) is 0.0856. The van der Waals surface area contributed by atoms with Crippen molar-refractivity contribution in [2.45, 2.75) is 313 Å². The molecule has 0 radical (unpaired) electrons. The molecule has 5 aliphatic heterocycles. The second kappa shape index (κ2) is 27.0. The summed E-state index contributed by atoms with van der Waals surface area (Å²) in [5, 5.41) is 47.9. The van der Waals surface area contributed by atoms with Gasteiger partial charge in [0.2, 0.25) is 0 Å². The largest absolute Gasteiger partial charge is 0.462 e. The molecule has 31 unspecified atom stereocenters. The summed E-state index contributed by atoms with van der Waals surface area (Å²) in [7, 11) is 6.39. The Hall–Kier alpha value is -1.78. The molecule has 4 saturated carbocycles. The van der Waals surface area contributed by atoms with Crippen LogP contribution in [0.3, 0.4) is 0 Å². The second-order valence-electron chi connectivity index (χ2n) is 27.0. The Bertz CT molecular complexity index is 2170. The number of carbonyl (C=O) groups excluding carboxylic acids is 2. The number of aliphatic hydroxyl groups is 4. The van der Waals surface area contributed by atoms with Crippen molar-refractivity contribution >= 4 is 11.9 Å². The number of esters is 2. The fourth-order valence-corrected chi connectivity index (χ4v) is 16.9. The third kappa shape index (κ3) is 12.8. The highest BCUT2D eigenvalue weighted by Crippen LogP contribution is 2.71. The molecule has 31 atom stereocenters. The third-order valence-electron chi connectivity index (χ3n) is 22.3. The minimum Gasteiger partial charge on any atom is -0.462 e. The molecule has 0 bridgehead atoms. The lowest BCUT2D eigenvalue weighted by atomic mass is 9.42. The number of rotatable bonds is 19. The first-order chi connectivity index (χ1) is 39.7. The fraction of sp³-hybridized carbons (Fsp3) is 0.968. The molecule has 0 amide bonds. The van der Waals surface area contributed by atoms with Crippen LogP contribution in [0.2, 0.25) is 0 Å². The summed E-state index contributed by atoms with van der Waals surface area (Å²) < 4.78 is 100. The van der Waals surface area contributed by atoms with E-state index in [-0.39, 0.29) is 60.1 Å². The third-order valence-corrected chi connectivity index (χ3v) is 22.3. The molecule has 0 spiro atoms. The first kappa shape index (κ1) is 66.6. The normalized spacial score (nSPS) is 50.5. The van der Waals surface area contributed by atoms with Crippen LogP contribution in [0.25, 0.3) is 0 Å². The summed E-state index contributed by atoms with van der Waals surface area (Å²) >= 11 is 0. The van der Waals surface area contributed by atoms with Crippen molar-refractivity contribution in [3.63, 3.8) is 0 Å². The number of methoxy groups -OCH3 is 4. The topological polar surface area (TPSA) is 263 Å². The van der Waals surface area contributed by atoms with Gasteiger partial charge in [0.25, 0.3) is 0 Å². The van der Waals surface area contributed by atoms with Crippen LogP contribution in [0.4, 0.5) is 0 Å². The molecule has 9 fully saturated rings. The first-order valence-corrected chi connectivity index (χ1v) is 31.6. The van der Waals surface area contributed by atoms with E-state index in [1.807, 2.05) is 48.5 Å². The van der Waals surface area contributed by atoms with Crippen LogP contribution in [0, 0.1) is 40.4 Å². The van der Waals surface area contributed by atoms with E-state index in [1.54, 1.807) is 35.2 Å². The molecular formula is C62H104O22. The standard InChI is InChI=1S/C62H104O22/c1-16-30(2)57(66)77-36(8)61(67)21-22-62(68)40-18-17-38-24-39(19-20-59(38,10)41(40)25-46(60(61,62)11)78-37(9)63)79-48-26-42(64)53(32(4)73-48)80-49-27-43(69-12)55(34(6)74-49)82-51-29-45(71-14)56(35(7)76-51)83-50-28-44(70-13)54(33(5)75-50)81-47-23-31(3)52(65)58(72-15)84-47/h30-36,38-56,58,64-65,67-68H,16-29H2,1-15H3. The van der Waals surface area contributed by atoms with E-state index < -0.39 is 152 Å². The highest BCUT2D eigenvalue weighted by atomic mass is 16.8. The number of fused-ring (bicyclic) bond motifs is 5.